The zero-order chi connectivity index (χ0) is 35.5. The molecule has 0 bridgehead atoms. The summed E-state index contributed by atoms with van der Waals surface area (Å²) in [6, 6.07) is 50.9. The molecule has 0 atom stereocenters. The second-order valence-electron chi connectivity index (χ2n) is 12.8. The van der Waals surface area contributed by atoms with Gasteiger partial charge in [-0.3, -0.25) is 9.48 Å². The van der Waals surface area contributed by atoms with Crippen LogP contribution in [0.15, 0.2) is 156 Å². The van der Waals surface area contributed by atoms with Gasteiger partial charge in [0.15, 0.2) is 11.2 Å². The van der Waals surface area contributed by atoms with Crippen molar-refractivity contribution in [3.8, 4) is 22.5 Å². The minimum atomic E-state index is -0.870. The van der Waals surface area contributed by atoms with Crippen LogP contribution in [0.25, 0.3) is 33.5 Å². The van der Waals surface area contributed by atoms with Gasteiger partial charge in [0.05, 0.1) is 11.9 Å². The Hall–Kier alpha value is -6.12. The van der Waals surface area contributed by atoms with E-state index in [0.717, 1.165) is 51.8 Å². The standard InChI is InChI=1S/C43H36ClN7O/c1-2-3-29-49-42(52)38-27-28-39(44)45-41(38)50(49)30-31-23-25-32(26-24-31)36-21-13-14-22-37(36)40-46-48-51(47-40)43(33-15-7-4-8-16-33,34-17-9-5-10-18-34)35-19-11-6-12-20-35/h4-28H,2-3,29-30H2,1H3. The van der Waals surface area contributed by atoms with Gasteiger partial charge in [-0.25, -0.2) is 9.67 Å². The van der Waals surface area contributed by atoms with Crippen molar-refractivity contribution in [2.45, 2.75) is 38.4 Å². The minimum Gasteiger partial charge on any atom is -0.267 e. The number of rotatable bonds is 11. The first-order valence-corrected chi connectivity index (χ1v) is 17.9. The lowest BCUT2D eigenvalue weighted by atomic mass is 9.77. The molecule has 0 unspecified atom stereocenters. The Morgan fingerprint density at radius 1 is 0.654 bits per heavy atom. The van der Waals surface area contributed by atoms with E-state index in [1.165, 1.54) is 0 Å². The van der Waals surface area contributed by atoms with Gasteiger partial charge >= 0.3 is 0 Å². The molecule has 0 aliphatic heterocycles. The lowest BCUT2D eigenvalue weighted by molar-refractivity contribution is 0.396. The van der Waals surface area contributed by atoms with E-state index in [1.807, 2.05) is 77.5 Å². The van der Waals surface area contributed by atoms with Crippen molar-refractivity contribution in [2.24, 2.45) is 0 Å². The second-order valence-corrected chi connectivity index (χ2v) is 13.2. The van der Waals surface area contributed by atoms with Crippen LogP contribution in [0.2, 0.25) is 5.15 Å². The van der Waals surface area contributed by atoms with Gasteiger partial charge in [0.1, 0.15) is 5.15 Å². The number of hydrogen-bond donors (Lipinski definition) is 0. The summed E-state index contributed by atoms with van der Waals surface area (Å²) >= 11 is 6.28. The number of hydrogen-bond acceptors (Lipinski definition) is 5. The smallest absolute Gasteiger partial charge is 0.267 e. The maximum Gasteiger partial charge on any atom is 0.276 e. The van der Waals surface area contributed by atoms with Crippen LogP contribution >= 0.6 is 11.6 Å². The molecule has 0 N–H and O–H groups in total. The number of pyridine rings is 1. The number of tetrazole rings is 1. The Bertz CT molecular complexity index is 2410. The number of aromatic nitrogens is 7. The van der Waals surface area contributed by atoms with Crippen LogP contribution in [0, 0.1) is 0 Å². The van der Waals surface area contributed by atoms with Gasteiger partial charge in [-0.15, -0.1) is 15.0 Å². The highest BCUT2D eigenvalue weighted by Crippen LogP contribution is 2.40. The molecule has 9 heteroatoms. The summed E-state index contributed by atoms with van der Waals surface area (Å²) in [6.45, 7) is 3.21. The maximum absolute atomic E-state index is 13.3. The molecule has 0 radical (unpaired) electrons. The van der Waals surface area contributed by atoms with Gasteiger partial charge in [0.2, 0.25) is 5.82 Å². The van der Waals surface area contributed by atoms with Crippen LogP contribution < -0.4 is 5.56 Å². The van der Waals surface area contributed by atoms with E-state index in [2.05, 4.69) is 78.6 Å². The van der Waals surface area contributed by atoms with Crippen molar-refractivity contribution in [1.82, 2.24) is 34.6 Å². The molecule has 3 aromatic heterocycles. The summed E-state index contributed by atoms with van der Waals surface area (Å²) < 4.78 is 3.74. The summed E-state index contributed by atoms with van der Waals surface area (Å²) in [7, 11) is 0. The van der Waals surface area contributed by atoms with Crippen molar-refractivity contribution < 1.29 is 0 Å². The molecule has 0 saturated carbocycles. The minimum absolute atomic E-state index is 0.0467. The molecule has 5 aromatic carbocycles. The number of nitrogens with zero attached hydrogens (tertiary/aromatic N) is 7. The number of unbranched alkanes of at least 4 members (excludes halogenated alkanes) is 1. The van der Waals surface area contributed by atoms with Crippen molar-refractivity contribution in [1.29, 1.82) is 0 Å². The van der Waals surface area contributed by atoms with Gasteiger partial charge in [0, 0.05) is 12.1 Å². The van der Waals surface area contributed by atoms with Crippen molar-refractivity contribution in [3.05, 3.63) is 189 Å². The summed E-state index contributed by atoms with van der Waals surface area (Å²) in [5.74, 6) is 0.522. The predicted octanol–water partition coefficient (Wildman–Crippen LogP) is 8.86. The molecule has 0 saturated heterocycles. The van der Waals surface area contributed by atoms with E-state index in [-0.39, 0.29) is 5.56 Å². The topological polar surface area (TPSA) is 83.4 Å². The fraction of sp³-hybridized carbons (Fsp3) is 0.140. The number of fused-ring (bicyclic) bond motifs is 1. The van der Waals surface area contributed by atoms with Gasteiger partial charge in [-0.05, 0) is 57.1 Å². The molecular weight excluding hydrogens is 666 g/mol. The van der Waals surface area contributed by atoms with Crippen molar-refractivity contribution >= 4 is 22.6 Å². The fourth-order valence-corrected chi connectivity index (χ4v) is 7.23. The Balaban J connectivity index is 1.18. The van der Waals surface area contributed by atoms with Crippen LogP contribution in [0.5, 0.6) is 0 Å². The zero-order valence-electron chi connectivity index (χ0n) is 28.7. The van der Waals surface area contributed by atoms with Crippen LogP contribution in [0.4, 0.5) is 0 Å². The van der Waals surface area contributed by atoms with Crippen LogP contribution in [-0.4, -0.2) is 34.6 Å². The molecule has 0 aliphatic rings. The molecule has 256 valence electrons. The van der Waals surface area contributed by atoms with Gasteiger partial charge < -0.3 is 0 Å². The molecule has 8 nitrogen and oxygen atoms in total. The largest absolute Gasteiger partial charge is 0.276 e. The molecule has 0 aliphatic carbocycles. The molecule has 8 aromatic rings. The van der Waals surface area contributed by atoms with E-state index in [0.29, 0.717) is 35.1 Å². The third kappa shape index (κ3) is 5.91. The average molecular weight is 702 g/mol. The van der Waals surface area contributed by atoms with Gasteiger partial charge in [-0.2, -0.15) is 0 Å². The van der Waals surface area contributed by atoms with Crippen LogP contribution in [0.3, 0.4) is 0 Å². The summed E-state index contributed by atoms with van der Waals surface area (Å²) in [5.41, 5.74) is 6.64. The molecule has 0 spiro atoms. The summed E-state index contributed by atoms with van der Waals surface area (Å²) in [6.07, 6.45) is 1.87. The monoisotopic (exact) mass is 701 g/mol. The number of benzene rings is 5. The molecule has 8 rings (SSSR count). The maximum atomic E-state index is 13.3. The Morgan fingerprint density at radius 3 is 1.83 bits per heavy atom. The first kappa shape index (κ1) is 33.0. The van der Waals surface area contributed by atoms with E-state index in [1.54, 1.807) is 21.6 Å². The van der Waals surface area contributed by atoms with Crippen molar-refractivity contribution in [3.63, 3.8) is 0 Å². The third-order valence-electron chi connectivity index (χ3n) is 9.62. The molecule has 52 heavy (non-hydrogen) atoms. The molecule has 0 amide bonds. The third-order valence-corrected chi connectivity index (χ3v) is 9.83. The zero-order valence-corrected chi connectivity index (χ0v) is 29.4. The fourth-order valence-electron chi connectivity index (χ4n) is 7.08. The normalized spacial score (nSPS) is 11.7. The lowest BCUT2D eigenvalue weighted by Crippen LogP contribution is -2.39. The predicted molar refractivity (Wildman–Crippen MR) is 206 cm³/mol. The van der Waals surface area contributed by atoms with Crippen LogP contribution in [0.1, 0.15) is 42.0 Å². The average Bonchev–Trinajstić information content (AvgIpc) is 3.78. The van der Waals surface area contributed by atoms with Crippen molar-refractivity contribution in [2.75, 3.05) is 0 Å². The van der Waals surface area contributed by atoms with Gasteiger partial charge in [0.25, 0.3) is 5.56 Å². The molecule has 0 fully saturated rings. The SMILES string of the molecule is CCCCn1c(=O)c2ccc(Cl)nc2n1Cc1ccc(-c2ccccc2-c2nnn(C(c3ccccc3)(c3ccccc3)c3ccccc3)n2)cc1. The highest BCUT2D eigenvalue weighted by Gasteiger charge is 2.41. The van der Waals surface area contributed by atoms with E-state index < -0.39 is 5.54 Å². The molecule has 3 heterocycles. The quantitative estimate of drug-likeness (QED) is 0.0994. The Kier molecular flexibility index (Phi) is 9.05. The lowest BCUT2D eigenvalue weighted by Gasteiger charge is -2.34. The Morgan fingerprint density at radius 2 is 1.23 bits per heavy atom. The highest BCUT2D eigenvalue weighted by molar-refractivity contribution is 6.29. The first-order valence-electron chi connectivity index (χ1n) is 17.5. The van der Waals surface area contributed by atoms with Gasteiger partial charge in [-0.1, -0.05) is 164 Å². The van der Waals surface area contributed by atoms with E-state index in [9.17, 15) is 4.79 Å². The second kappa shape index (κ2) is 14.2. The highest BCUT2D eigenvalue weighted by atomic mass is 35.5. The summed E-state index contributed by atoms with van der Waals surface area (Å²) in [5, 5.41) is 15.6. The number of halogens is 1. The van der Waals surface area contributed by atoms with E-state index >= 15 is 0 Å². The van der Waals surface area contributed by atoms with Crippen LogP contribution in [-0.2, 0) is 18.6 Å². The molecular formula is C43H36ClN7O. The first-order chi connectivity index (χ1) is 25.6. The summed E-state index contributed by atoms with van der Waals surface area (Å²) in [4.78, 5) is 19.6. The van der Waals surface area contributed by atoms with E-state index in [4.69, 9.17) is 27.0 Å². The Labute approximate surface area is 306 Å².